The molecule has 1 unspecified atom stereocenters. The average molecular weight is 259 g/mol. The molecular formula is C15H17NO3. The van der Waals surface area contributed by atoms with E-state index in [0.29, 0.717) is 30.2 Å². The van der Waals surface area contributed by atoms with Crippen molar-refractivity contribution < 1.29 is 14.3 Å². The Balaban J connectivity index is 1.88. The zero-order valence-electron chi connectivity index (χ0n) is 11.0. The second kappa shape index (κ2) is 4.76. The van der Waals surface area contributed by atoms with E-state index in [-0.39, 0.29) is 24.1 Å². The lowest BCUT2D eigenvalue weighted by Crippen LogP contribution is -2.22. The number of fused-ring (bicyclic) bond motifs is 1. The van der Waals surface area contributed by atoms with Gasteiger partial charge in [0.15, 0.2) is 5.78 Å². The quantitative estimate of drug-likeness (QED) is 0.815. The van der Waals surface area contributed by atoms with Crippen molar-refractivity contribution in [2.24, 2.45) is 5.92 Å². The molecular weight excluding hydrogens is 242 g/mol. The lowest BCUT2D eigenvalue weighted by Gasteiger charge is -2.17. The van der Waals surface area contributed by atoms with E-state index >= 15 is 0 Å². The molecule has 0 spiro atoms. The van der Waals surface area contributed by atoms with Crippen LogP contribution in [-0.4, -0.2) is 23.2 Å². The van der Waals surface area contributed by atoms with Crippen molar-refractivity contribution in [1.29, 1.82) is 0 Å². The summed E-state index contributed by atoms with van der Waals surface area (Å²) in [7, 11) is 0. The van der Waals surface area contributed by atoms with Gasteiger partial charge in [-0.1, -0.05) is 13.3 Å². The fraction of sp³-hybridized carbons (Fsp3) is 0.533. The fourth-order valence-electron chi connectivity index (χ4n) is 2.93. The summed E-state index contributed by atoms with van der Waals surface area (Å²) in [6.45, 7) is 2.25. The summed E-state index contributed by atoms with van der Waals surface area (Å²) < 4.78 is 5.33. The van der Waals surface area contributed by atoms with Gasteiger partial charge in [0.05, 0.1) is 23.7 Å². The van der Waals surface area contributed by atoms with Crippen molar-refractivity contribution in [3.8, 4) is 5.75 Å². The highest BCUT2D eigenvalue weighted by molar-refractivity contribution is 5.88. The van der Waals surface area contributed by atoms with E-state index in [0.717, 1.165) is 18.5 Å². The summed E-state index contributed by atoms with van der Waals surface area (Å²) in [5.41, 5.74) is 1.49. The zero-order chi connectivity index (χ0) is 13.4. The molecule has 1 aliphatic carbocycles. The van der Waals surface area contributed by atoms with Crippen LogP contribution in [0.4, 0.5) is 0 Å². The number of aromatic nitrogens is 1. The highest BCUT2D eigenvalue weighted by Gasteiger charge is 2.34. The van der Waals surface area contributed by atoms with E-state index in [1.165, 1.54) is 0 Å². The smallest absolute Gasteiger partial charge is 0.176 e. The van der Waals surface area contributed by atoms with E-state index in [1.54, 1.807) is 0 Å². The van der Waals surface area contributed by atoms with Gasteiger partial charge in [-0.05, 0) is 24.5 Å². The van der Waals surface area contributed by atoms with Crippen LogP contribution in [0.15, 0.2) is 12.1 Å². The van der Waals surface area contributed by atoms with Crippen LogP contribution in [0.2, 0.25) is 0 Å². The third-order valence-electron chi connectivity index (χ3n) is 4.09. The highest BCUT2D eigenvalue weighted by atomic mass is 16.5. The van der Waals surface area contributed by atoms with Crippen LogP contribution in [0.5, 0.6) is 5.75 Å². The number of ketones is 2. The number of hydrogen-bond acceptors (Lipinski definition) is 4. The average Bonchev–Trinajstić information content (AvgIpc) is 2.79. The molecule has 0 amide bonds. The predicted octanol–water partition coefficient (Wildman–Crippen LogP) is 2.06. The molecule has 0 saturated heterocycles. The first-order valence-electron chi connectivity index (χ1n) is 6.84. The van der Waals surface area contributed by atoms with Gasteiger partial charge < -0.3 is 4.74 Å². The molecule has 1 fully saturated rings. The van der Waals surface area contributed by atoms with Crippen LogP contribution < -0.4 is 4.74 Å². The Bertz CT molecular complexity index is 538. The normalized spacial score (nSPS) is 26.2. The predicted molar refractivity (Wildman–Crippen MR) is 69.2 cm³/mol. The summed E-state index contributed by atoms with van der Waals surface area (Å²) in [6, 6.07) is 3.71. The molecule has 1 saturated carbocycles. The number of ether oxygens (including phenoxy) is 1. The summed E-state index contributed by atoms with van der Waals surface area (Å²) in [6.07, 6.45) is 2.90. The van der Waals surface area contributed by atoms with Crippen molar-refractivity contribution in [2.75, 3.05) is 6.61 Å². The maximum absolute atomic E-state index is 12.0. The molecule has 0 N–H and O–H groups in total. The third kappa shape index (κ3) is 2.27. The number of rotatable bonds is 2. The number of carbonyl (C=O) groups is 2. The molecule has 2 atom stereocenters. The summed E-state index contributed by atoms with van der Waals surface area (Å²) in [5, 5.41) is 0. The van der Waals surface area contributed by atoms with Gasteiger partial charge in [0.2, 0.25) is 0 Å². The van der Waals surface area contributed by atoms with E-state index < -0.39 is 0 Å². The Morgan fingerprint density at radius 3 is 2.95 bits per heavy atom. The molecule has 19 heavy (non-hydrogen) atoms. The van der Waals surface area contributed by atoms with Crippen LogP contribution in [0, 0.1) is 5.92 Å². The molecule has 0 bridgehead atoms. The number of pyridine rings is 1. The van der Waals surface area contributed by atoms with Crippen LogP contribution in [-0.2, 0) is 16.0 Å². The first-order chi connectivity index (χ1) is 9.17. The number of nitrogens with zero attached hydrogens (tertiary/aromatic N) is 1. The SMILES string of the molecule is CC[C@@H]1CC(=O)C(c2ccc3c(n2)CC(=O)CO3)C1. The monoisotopic (exact) mass is 259 g/mol. The van der Waals surface area contributed by atoms with Gasteiger partial charge in [-0.15, -0.1) is 0 Å². The Labute approximate surface area is 112 Å². The van der Waals surface area contributed by atoms with Crippen molar-refractivity contribution in [3.63, 3.8) is 0 Å². The second-order valence-corrected chi connectivity index (χ2v) is 5.42. The minimum Gasteiger partial charge on any atom is -0.484 e. The number of hydrogen-bond donors (Lipinski definition) is 0. The van der Waals surface area contributed by atoms with E-state index in [9.17, 15) is 9.59 Å². The van der Waals surface area contributed by atoms with Gasteiger partial charge in [0, 0.05) is 6.42 Å². The molecule has 1 aromatic heterocycles. The highest BCUT2D eigenvalue weighted by Crippen LogP contribution is 2.37. The van der Waals surface area contributed by atoms with Crippen molar-refractivity contribution >= 4 is 11.6 Å². The fourth-order valence-corrected chi connectivity index (χ4v) is 2.93. The van der Waals surface area contributed by atoms with Crippen LogP contribution in [0.25, 0.3) is 0 Å². The summed E-state index contributed by atoms with van der Waals surface area (Å²) >= 11 is 0. The van der Waals surface area contributed by atoms with Crippen molar-refractivity contribution in [2.45, 2.75) is 38.5 Å². The van der Waals surface area contributed by atoms with Crippen LogP contribution in [0.3, 0.4) is 0 Å². The Morgan fingerprint density at radius 1 is 1.37 bits per heavy atom. The second-order valence-electron chi connectivity index (χ2n) is 5.42. The molecule has 1 aromatic rings. The lowest BCUT2D eigenvalue weighted by atomic mass is 9.98. The topological polar surface area (TPSA) is 56.3 Å². The van der Waals surface area contributed by atoms with Crippen molar-refractivity contribution in [1.82, 2.24) is 4.98 Å². The van der Waals surface area contributed by atoms with Gasteiger partial charge in [0.25, 0.3) is 0 Å². The van der Waals surface area contributed by atoms with E-state index in [1.807, 2.05) is 12.1 Å². The summed E-state index contributed by atoms with van der Waals surface area (Å²) in [4.78, 5) is 27.9. The molecule has 100 valence electrons. The maximum atomic E-state index is 12.0. The Kier molecular flexibility index (Phi) is 3.09. The van der Waals surface area contributed by atoms with Crippen LogP contribution in [0.1, 0.15) is 43.5 Å². The van der Waals surface area contributed by atoms with E-state index in [2.05, 4.69) is 11.9 Å². The molecule has 2 heterocycles. The molecule has 3 rings (SSSR count). The van der Waals surface area contributed by atoms with Gasteiger partial charge in [-0.2, -0.15) is 0 Å². The standard InChI is InChI=1S/C15H17NO3/c1-2-9-5-11(14(18)6-9)12-3-4-15-13(16-12)7-10(17)8-19-15/h3-4,9,11H,2,5-8H2,1H3/t9-,11?/m0/s1. The first kappa shape index (κ1) is 12.3. The van der Waals surface area contributed by atoms with E-state index in [4.69, 9.17) is 4.74 Å². The van der Waals surface area contributed by atoms with Gasteiger partial charge in [-0.25, -0.2) is 0 Å². The van der Waals surface area contributed by atoms with Gasteiger partial charge >= 0.3 is 0 Å². The van der Waals surface area contributed by atoms with Crippen LogP contribution >= 0.6 is 0 Å². The molecule has 2 aliphatic rings. The molecule has 4 heteroatoms. The van der Waals surface area contributed by atoms with Crippen molar-refractivity contribution in [3.05, 3.63) is 23.5 Å². The number of Topliss-reactive ketones (excluding diaryl/α,β-unsaturated/α-hetero) is 2. The largest absolute Gasteiger partial charge is 0.484 e. The molecule has 1 aliphatic heterocycles. The maximum Gasteiger partial charge on any atom is 0.176 e. The lowest BCUT2D eigenvalue weighted by molar-refractivity contribution is -0.121. The molecule has 0 aromatic carbocycles. The van der Waals surface area contributed by atoms with Gasteiger partial charge in [0.1, 0.15) is 18.1 Å². The third-order valence-corrected chi connectivity index (χ3v) is 4.09. The first-order valence-corrected chi connectivity index (χ1v) is 6.84. The van der Waals surface area contributed by atoms with Gasteiger partial charge in [-0.3, -0.25) is 14.6 Å². The molecule has 4 nitrogen and oxygen atoms in total. The number of carbonyl (C=O) groups excluding carboxylic acids is 2. The Morgan fingerprint density at radius 2 is 2.21 bits per heavy atom. The molecule has 0 radical (unpaired) electrons. The zero-order valence-corrected chi connectivity index (χ0v) is 11.0. The minimum atomic E-state index is -0.0905. The summed E-state index contributed by atoms with van der Waals surface area (Å²) in [5.74, 6) is 1.39. The minimum absolute atomic E-state index is 0.0429. The Hall–Kier alpha value is -1.71.